The van der Waals surface area contributed by atoms with E-state index in [9.17, 15) is 0 Å². The predicted molar refractivity (Wildman–Crippen MR) is 103 cm³/mol. The van der Waals surface area contributed by atoms with Crippen molar-refractivity contribution < 1.29 is 4.42 Å². The highest BCUT2D eigenvalue weighted by Gasteiger charge is 2.39. The SMILES string of the molecule is CC(C)N=C1C(c2cc3ccccc3o2)CN(C)C1c1ccccc1. The minimum absolute atomic E-state index is 0.199. The van der Waals surface area contributed by atoms with Gasteiger partial charge >= 0.3 is 0 Å². The van der Waals surface area contributed by atoms with Crippen LogP contribution in [0.15, 0.2) is 70.1 Å². The monoisotopic (exact) mass is 332 g/mol. The number of hydrogen-bond donors (Lipinski definition) is 0. The second-order valence-corrected chi connectivity index (χ2v) is 7.14. The standard InChI is InChI=1S/C22H24N2O/c1-15(2)23-21-18(20-13-17-11-7-8-12-19(17)25-20)14-24(3)22(21)16-9-5-4-6-10-16/h4-13,15,18,22H,14H2,1-3H3. The van der Waals surface area contributed by atoms with E-state index >= 15 is 0 Å². The summed E-state index contributed by atoms with van der Waals surface area (Å²) in [5, 5.41) is 1.16. The molecule has 3 nitrogen and oxygen atoms in total. The molecule has 2 atom stereocenters. The lowest BCUT2D eigenvalue weighted by Crippen LogP contribution is -2.21. The van der Waals surface area contributed by atoms with Crippen molar-refractivity contribution >= 4 is 16.7 Å². The molecule has 4 rings (SSSR count). The summed E-state index contributed by atoms with van der Waals surface area (Å²) in [6, 6.07) is 21.5. The minimum Gasteiger partial charge on any atom is -0.460 e. The fourth-order valence-corrected chi connectivity index (χ4v) is 3.83. The van der Waals surface area contributed by atoms with Crippen molar-refractivity contribution in [2.24, 2.45) is 4.99 Å². The van der Waals surface area contributed by atoms with E-state index in [-0.39, 0.29) is 18.0 Å². The Kier molecular flexibility index (Phi) is 4.18. The van der Waals surface area contributed by atoms with Crippen LogP contribution in [0.4, 0.5) is 0 Å². The largest absolute Gasteiger partial charge is 0.460 e. The molecule has 1 aromatic heterocycles. The number of likely N-dealkylation sites (tertiary alicyclic amines) is 1. The van der Waals surface area contributed by atoms with Gasteiger partial charge in [0.1, 0.15) is 11.3 Å². The number of hydrogen-bond acceptors (Lipinski definition) is 3. The second kappa shape index (κ2) is 6.49. The Hall–Kier alpha value is -2.39. The van der Waals surface area contributed by atoms with Crippen LogP contribution in [0.1, 0.15) is 37.1 Å². The number of nitrogens with zero attached hydrogens (tertiary/aromatic N) is 2. The summed E-state index contributed by atoms with van der Waals surface area (Å²) in [7, 11) is 2.18. The first-order chi connectivity index (χ1) is 12.1. The summed E-state index contributed by atoms with van der Waals surface area (Å²) >= 11 is 0. The van der Waals surface area contributed by atoms with E-state index in [1.165, 1.54) is 11.3 Å². The van der Waals surface area contributed by atoms with Crippen LogP contribution in [-0.4, -0.2) is 30.2 Å². The second-order valence-electron chi connectivity index (χ2n) is 7.14. The Morgan fingerprint density at radius 2 is 1.76 bits per heavy atom. The van der Waals surface area contributed by atoms with Crippen molar-refractivity contribution in [2.45, 2.75) is 31.8 Å². The summed E-state index contributed by atoms with van der Waals surface area (Å²) in [5.41, 5.74) is 3.46. The third kappa shape index (κ3) is 3.00. The molecule has 0 amide bonds. The average molecular weight is 332 g/mol. The maximum absolute atomic E-state index is 6.19. The molecule has 25 heavy (non-hydrogen) atoms. The van der Waals surface area contributed by atoms with Gasteiger partial charge in [0.2, 0.25) is 0 Å². The quantitative estimate of drug-likeness (QED) is 0.671. The maximum Gasteiger partial charge on any atom is 0.134 e. The van der Waals surface area contributed by atoms with Crippen molar-refractivity contribution in [1.82, 2.24) is 4.90 Å². The van der Waals surface area contributed by atoms with Gasteiger partial charge in [0, 0.05) is 23.7 Å². The molecule has 2 unspecified atom stereocenters. The Labute approximate surface area is 149 Å². The topological polar surface area (TPSA) is 28.7 Å². The van der Waals surface area contributed by atoms with Gasteiger partial charge in [-0.1, -0.05) is 48.5 Å². The molecule has 0 spiro atoms. The summed E-state index contributed by atoms with van der Waals surface area (Å²) in [6.07, 6.45) is 0. The number of aliphatic imine (C=N–C) groups is 1. The summed E-state index contributed by atoms with van der Waals surface area (Å²) in [5.74, 6) is 1.22. The van der Waals surface area contributed by atoms with Crippen LogP contribution in [0.25, 0.3) is 11.0 Å². The molecule has 2 aromatic carbocycles. The molecule has 0 N–H and O–H groups in total. The molecule has 2 heterocycles. The van der Waals surface area contributed by atoms with Gasteiger partial charge in [-0.15, -0.1) is 0 Å². The number of likely N-dealkylation sites (N-methyl/N-ethyl adjacent to an activating group) is 1. The molecule has 1 saturated heterocycles. The normalized spacial score (nSPS) is 23.1. The third-order valence-electron chi connectivity index (χ3n) is 4.86. The molecule has 0 aliphatic carbocycles. The highest BCUT2D eigenvalue weighted by atomic mass is 16.3. The van der Waals surface area contributed by atoms with Crippen molar-refractivity contribution in [3.8, 4) is 0 Å². The molecule has 3 aromatic rings. The Balaban J connectivity index is 1.79. The van der Waals surface area contributed by atoms with Gasteiger partial charge in [-0.3, -0.25) is 9.89 Å². The van der Waals surface area contributed by atoms with Crippen LogP contribution in [0.5, 0.6) is 0 Å². The van der Waals surface area contributed by atoms with E-state index in [1.807, 2.05) is 12.1 Å². The zero-order valence-electron chi connectivity index (χ0n) is 15.0. The van der Waals surface area contributed by atoms with Crippen LogP contribution >= 0.6 is 0 Å². The van der Waals surface area contributed by atoms with E-state index in [1.54, 1.807) is 0 Å². The van der Waals surface area contributed by atoms with E-state index in [0.29, 0.717) is 0 Å². The number of benzene rings is 2. The van der Waals surface area contributed by atoms with Crippen molar-refractivity contribution in [3.05, 3.63) is 72.0 Å². The third-order valence-corrected chi connectivity index (χ3v) is 4.86. The average Bonchev–Trinajstić information content (AvgIpc) is 3.16. The lowest BCUT2D eigenvalue weighted by Gasteiger charge is -2.20. The Bertz CT molecular complexity index is 862. The summed E-state index contributed by atoms with van der Waals surface area (Å²) < 4.78 is 6.19. The molecule has 1 aliphatic rings. The molecule has 0 radical (unpaired) electrons. The summed E-state index contributed by atoms with van der Waals surface area (Å²) in [4.78, 5) is 7.41. The van der Waals surface area contributed by atoms with E-state index < -0.39 is 0 Å². The van der Waals surface area contributed by atoms with Gasteiger partial charge < -0.3 is 4.42 Å². The molecule has 0 bridgehead atoms. The molecule has 128 valence electrons. The van der Waals surface area contributed by atoms with Crippen molar-refractivity contribution in [2.75, 3.05) is 13.6 Å². The van der Waals surface area contributed by atoms with Gasteiger partial charge in [-0.25, -0.2) is 0 Å². The first kappa shape index (κ1) is 16.1. The van der Waals surface area contributed by atoms with Gasteiger partial charge in [-0.2, -0.15) is 0 Å². The number of fused-ring (bicyclic) bond motifs is 1. The zero-order valence-corrected chi connectivity index (χ0v) is 15.0. The predicted octanol–water partition coefficient (Wildman–Crippen LogP) is 5.05. The Morgan fingerprint density at radius 3 is 2.48 bits per heavy atom. The fraction of sp³-hybridized carbons (Fsp3) is 0.318. The van der Waals surface area contributed by atoms with Crippen LogP contribution in [0.2, 0.25) is 0 Å². The van der Waals surface area contributed by atoms with Crippen molar-refractivity contribution in [3.63, 3.8) is 0 Å². The van der Waals surface area contributed by atoms with Gasteiger partial charge in [-0.05, 0) is 38.6 Å². The first-order valence-electron chi connectivity index (χ1n) is 8.94. The maximum atomic E-state index is 6.19. The molecule has 3 heteroatoms. The number of para-hydroxylation sites is 1. The van der Waals surface area contributed by atoms with E-state index in [4.69, 9.17) is 9.41 Å². The zero-order chi connectivity index (χ0) is 17.4. The first-order valence-corrected chi connectivity index (χ1v) is 8.94. The van der Waals surface area contributed by atoms with Crippen LogP contribution in [0.3, 0.4) is 0 Å². The smallest absolute Gasteiger partial charge is 0.134 e. The lowest BCUT2D eigenvalue weighted by molar-refractivity contribution is 0.333. The molecular weight excluding hydrogens is 308 g/mol. The molecule has 0 saturated carbocycles. The highest BCUT2D eigenvalue weighted by molar-refractivity contribution is 5.98. The Morgan fingerprint density at radius 1 is 1.04 bits per heavy atom. The van der Waals surface area contributed by atoms with Crippen LogP contribution in [-0.2, 0) is 0 Å². The van der Waals surface area contributed by atoms with Gasteiger partial charge in [0.15, 0.2) is 0 Å². The molecule has 1 fully saturated rings. The summed E-state index contributed by atoms with van der Waals surface area (Å²) in [6.45, 7) is 5.21. The van der Waals surface area contributed by atoms with Gasteiger partial charge in [0.05, 0.1) is 12.0 Å². The highest BCUT2D eigenvalue weighted by Crippen LogP contribution is 2.39. The van der Waals surface area contributed by atoms with Crippen LogP contribution < -0.4 is 0 Å². The minimum atomic E-state index is 0.199. The molecular formula is C22H24N2O. The van der Waals surface area contributed by atoms with E-state index in [0.717, 1.165) is 23.3 Å². The number of furan rings is 1. The fourth-order valence-electron chi connectivity index (χ4n) is 3.83. The van der Waals surface area contributed by atoms with Crippen LogP contribution in [0, 0.1) is 0 Å². The van der Waals surface area contributed by atoms with Gasteiger partial charge in [0.25, 0.3) is 0 Å². The van der Waals surface area contributed by atoms with E-state index in [2.05, 4.69) is 74.3 Å². The lowest BCUT2D eigenvalue weighted by atomic mass is 9.95. The van der Waals surface area contributed by atoms with Crippen molar-refractivity contribution in [1.29, 1.82) is 0 Å². The number of rotatable bonds is 3. The molecule has 1 aliphatic heterocycles.